The maximum absolute atomic E-state index is 11.0. The van der Waals surface area contributed by atoms with Crippen LogP contribution in [0.3, 0.4) is 0 Å². The lowest BCUT2D eigenvalue weighted by atomic mass is 10.2. The van der Waals surface area contributed by atoms with E-state index in [-0.39, 0.29) is 0 Å². The molecule has 0 aliphatic heterocycles. The molecule has 0 saturated heterocycles. The Morgan fingerprint density at radius 3 is 2.50 bits per heavy atom. The van der Waals surface area contributed by atoms with Gasteiger partial charge in [0.2, 0.25) is 0 Å². The number of nitrogens with zero attached hydrogens (tertiary/aromatic N) is 1. The number of carboxylic acid groups (broad SMARTS) is 1. The summed E-state index contributed by atoms with van der Waals surface area (Å²) in [6.07, 6.45) is 0.603. The Balaban J connectivity index is 2.56. The van der Waals surface area contributed by atoms with Crippen LogP contribution in [0.15, 0.2) is 30.3 Å². The SMILES string of the molecule is CCNC(CCN(CC)c1ccccc1)C(=O)O. The van der Waals surface area contributed by atoms with Crippen LogP contribution in [0.5, 0.6) is 0 Å². The lowest BCUT2D eigenvalue weighted by molar-refractivity contribution is -0.139. The molecule has 0 bridgehead atoms. The molecule has 2 N–H and O–H groups in total. The minimum atomic E-state index is -0.777. The van der Waals surface area contributed by atoms with Gasteiger partial charge in [-0.3, -0.25) is 4.79 Å². The van der Waals surface area contributed by atoms with Crippen molar-refractivity contribution in [2.45, 2.75) is 26.3 Å². The maximum Gasteiger partial charge on any atom is 0.320 e. The molecule has 1 aromatic carbocycles. The van der Waals surface area contributed by atoms with E-state index >= 15 is 0 Å². The molecule has 1 unspecified atom stereocenters. The van der Waals surface area contributed by atoms with Gasteiger partial charge in [-0.2, -0.15) is 0 Å². The van der Waals surface area contributed by atoms with Gasteiger partial charge in [0.25, 0.3) is 0 Å². The second kappa shape index (κ2) is 7.71. The van der Waals surface area contributed by atoms with Crippen LogP contribution in [-0.4, -0.2) is 36.8 Å². The molecule has 0 saturated carbocycles. The minimum absolute atomic E-state index is 0.465. The second-order valence-corrected chi connectivity index (χ2v) is 4.15. The molecule has 0 aliphatic carbocycles. The van der Waals surface area contributed by atoms with Crippen LogP contribution in [0.25, 0.3) is 0 Å². The molecule has 0 spiro atoms. The van der Waals surface area contributed by atoms with Crippen LogP contribution in [0.4, 0.5) is 5.69 Å². The molecular weight excluding hydrogens is 228 g/mol. The topological polar surface area (TPSA) is 52.6 Å². The summed E-state index contributed by atoms with van der Waals surface area (Å²) in [7, 11) is 0. The zero-order valence-electron chi connectivity index (χ0n) is 11.1. The molecule has 18 heavy (non-hydrogen) atoms. The van der Waals surface area contributed by atoms with Crippen molar-refractivity contribution in [3.63, 3.8) is 0 Å². The summed E-state index contributed by atoms with van der Waals surface area (Å²) in [6, 6.07) is 9.61. The smallest absolute Gasteiger partial charge is 0.320 e. The van der Waals surface area contributed by atoms with Gasteiger partial charge in [0.05, 0.1) is 0 Å². The fraction of sp³-hybridized carbons (Fsp3) is 0.500. The van der Waals surface area contributed by atoms with Crippen molar-refractivity contribution in [1.82, 2.24) is 5.32 Å². The molecule has 4 heteroatoms. The van der Waals surface area contributed by atoms with Crippen LogP contribution in [-0.2, 0) is 4.79 Å². The standard InChI is InChI=1S/C14H22N2O2/c1-3-15-13(14(17)18)10-11-16(4-2)12-8-6-5-7-9-12/h5-9,13,15H,3-4,10-11H2,1-2H3,(H,17,18). The number of anilines is 1. The molecule has 4 nitrogen and oxygen atoms in total. The van der Waals surface area contributed by atoms with E-state index in [1.165, 1.54) is 0 Å². The van der Waals surface area contributed by atoms with E-state index in [0.29, 0.717) is 13.0 Å². The van der Waals surface area contributed by atoms with E-state index in [2.05, 4.69) is 17.1 Å². The van der Waals surface area contributed by atoms with Gasteiger partial charge in [0.15, 0.2) is 0 Å². The Labute approximate surface area is 109 Å². The van der Waals surface area contributed by atoms with Crippen LogP contribution in [0.1, 0.15) is 20.3 Å². The molecule has 0 aliphatic rings. The van der Waals surface area contributed by atoms with Crippen LogP contribution >= 0.6 is 0 Å². The Hall–Kier alpha value is -1.55. The van der Waals surface area contributed by atoms with Crippen molar-refractivity contribution >= 4 is 11.7 Å². The molecule has 1 rings (SSSR count). The fourth-order valence-electron chi connectivity index (χ4n) is 1.95. The van der Waals surface area contributed by atoms with E-state index in [1.807, 2.05) is 37.3 Å². The normalized spacial score (nSPS) is 12.1. The molecule has 0 fully saturated rings. The average molecular weight is 250 g/mol. The lowest BCUT2D eigenvalue weighted by Crippen LogP contribution is -2.39. The summed E-state index contributed by atoms with van der Waals surface area (Å²) in [6.45, 7) is 6.29. The number of rotatable bonds is 8. The van der Waals surface area contributed by atoms with Crippen molar-refractivity contribution in [3.8, 4) is 0 Å². The summed E-state index contributed by atoms with van der Waals surface area (Å²) < 4.78 is 0. The number of likely N-dealkylation sites (N-methyl/N-ethyl adjacent to an activating group) is 1. The van der Waals surface area contributed by atoms with Gasteiger partial charge < -0.3 is 15.3 Å². The van der Waals surface area contributed by atoms with Gasteiger partial charge in [0, 0.05) is 18.8 Å². The van der Waals surface area contributed by atoms with Crippen LogP contribution in [0, 0.1) is 0 Å². The first-order valence-corrected chi connectivity index (χ1v) is 6.45. The van der Waals surface area contributed by atoms with E-state index in [0.717, 1.165) is 18.8 Å². The molecule has 0 radical (unpaired) electrons. The minimum Gasteiger partial charge on any atom is -0.480 e. The van der Waals surface area contributed by atoms with E-state index in [1.54, 1.807) is 0 Å². The van der Waals surface area contributed by atoms with Crippen molar-refractivity contribution in [3.05, 3.63) is 30.3 Å². The summed E-state index contributed by atoms with van der Waals surface area (Å²) in [5, 5.41) is 12.1. The molecule has 0 aromatic heterocycles. The first-order valence-electron chi connectivity index (χ1n) is 6.45. The highest BCUT2D eigenvalue weighted by atomic mass is 16.4. The van der Waals surface area contributed by atoms with Gasteiger partial charge in [-0.05, 0) is 32.0 Å². The monoisotopic (exact) mass is 250 g/mol. The number of hydrogen-bond acceptors (Lipinski definition) is 3. The Morgan fingerprint density at radius 1 is 1.33 bits per heavy atom. The summed E-state index contributed by atoms with van der Waals surface area (Å²) in [5.74, 6) is -0.777. The number of para-hydroxylation sites is 1. The van der Waals surface area contributed by atoms with Crippen LogP contribution < -0.4 is 10.2 Å². The number of carboxylic acids is 1. The zero-order chi connectivity index (χ0) is 13.4. The fourth-order valence-corrected chi connectivity index (χ4v) is 1.95. The highest BCUT2D eigenvalue weighted by Crippen LogP contribution is 2.13. The summed E-state index contributed by atoms with van der Waals surface area (Å²) in [5.41, 5.74) is 1.14. The Kier molecular flexibility index (Phi) is 6.22. The number of aliphatic carboxylic acids is 1. The molecule has 0 heterocycles. The first kappa shape index (κ1) is 14.5. The maximum atomic E-state index is 11.0. The number of benzene rings is 1. The largest absolute Gasteiger partial charge is 0.480 e. The molecule has 0 amide bonds. The summed E-state index contributed by atoms with van der Waals surface area (Å²) in [4.78, 5) is 13.2. The lowest BCUT2D eigenvalue weighted by Gasteiger charge is -2.25. The third-order valence-corrected chi connectivity index (χ3v) is 2.94. The quantitative estimate of drug-likeness (QED) is 0.740. The van der Waals surface area contributed by atoms with E-state index in [9.17, 15) is 4.79 Å². The third kappa shape index (κ3) is 4.37. The molecular formula is C14H22N2O2. The highest BCUT2D eigenvalue weighted by molar-refractivity contribution is 5.73. The van der Waals surface area contributed by atoms with Gasteiger partial charge >= 0.3 is 5.97 Å². The van der Waals surface area contributed by atoms with Gasteiger partial charge in [-0.25, -0.2) is 0 Å². The third-order valence-electron chi connectivity index (χ3n) is 2.94. The number of nitrogens with one attached hydrogen (secondary N) is 1. The predicted molar refractivity (Wildman–Crippen MR) is 74.0 cm³/mol. The van der Waals surface area contributed by atoms with Gasteiger partial charge in [-0.15, -0.1) is 0 Å². The van der Waals surface area contributed by atoms with Gasteiger partial charge in [-0.1, -0.05) is 25.1 Å². The van der Waals surface area contributed by atoms with Crippen molar-refractivity contribution in [2.75, 3.05) is 24.5 Å². The van der Waals surface area contributed by atoms with E-state index in [4.69, 9.17) is 5.11 Å². The molecule has 1 atom stereocenters. The van der Waals surface area contributed by atoms with Crippen LogP contribution in [0.2, 0.25) is 0 Å². The predicted octanol–water partition coefficient (Wildman–Crippen LogP) is 1.97. The van der Waals surface area contributed by atoms with Crippen molar-refractivity contribution < 1.29 is 9.90 Å². The summed E-state index contributed by atoms with van der Waals surface area (Å²) >= 11 is 0. The zero-order valence-corrected chi connectivity index (χ0v) is 11.1. The number of hydrogen-bond donors (Lipinski definition) is 2. The van der Waals surface area contributed by atoms with Crippen molar-refractivity contribution in [2.24, 2.45) is 0 Å². The number of carbonyl (C=O) groups is 1. The highest BCUT2D eigenvalue weighted by Gasteiger charge is 2.16. The Bertz CT molecular complexity index is 354. The Morgan fingerprint density at radius 2 is 2.00 bits per heavy atom. The van der Waals surface area contributed by atoms with Crippen molar-refractivity contribution in [1.29, 1.82) is 0 Å². The average Bonchev–Trinajstić information content (AvgIpc) is 2.39. The molecule has 1 aromatic rings. The van der Waals surface area contributed by atoms with E-state index < -0.39 is 12.0 Å². The van der Waals surface area contributed by atoms with Gasteiger partial charge in [0.1, 0.15) is 6.04 Å². The first-order chi connectivity index (χ1) is 8.69. The molecule has 100 valence electrons. The second-order valence-electron chi connectivity index (χ2n) is 4.15.